The van der Waals surface area contributed by atoms with E-state index in [0.29, 0.717) is 38.4 Å². The zero-order valence-electron chi connectivity index (χ0n) is 15.1. The second-order valence-corrected chi connectivity index (χ2v) is 6.57. The fourth-order valence-electron chi connectivity index (χ4n) is 3.46. The van der Waals surface area contributed by atoms with Crippen molar-refractivity contribution in [2.45, 2.75) is 13.5 Å². The number of anilines is 1. The predicted molar refractivity (Wildman–Crippen MR) is 100 cm³/mol. The summed E-state index contributed by atoms with van der Waals surface area (Å²) >= 11 is 0. The lowest BCUT2D eigenvalue weighted by atomic mass is 10.2. The molecule has 1 fully saturated rings. The highest BCUT2D eigenvalue weighted by Gasteiger charge is 2.22. The van der Waals surface area contributed by atoms with Crippen molar-refractivity contribution in [3.8, 4) is 0 Å². The van der Waals surface area contributed by atoms with Gasteiger partial charge in [0.05, 0.1) is 18.4 Å². The van der Waals surface area contributed by atoms with Crippen molar-refractivity contribution in [3.05, 3.63) is 60.1 Å². The Balaban J connectivity index is 1.36. The number of carbonyl (C=O) groups excluding carboxylic acids is 1. The van der Waals surface area contributed by atoms with Crippen molar-refractivity contribution in [1.29, 1.82) is 0 Å². The standard InChI is InChI=1S/C19H21FN6O/c1-14-11-22-18-4-2-3-15(26(14)18)12-23-19(27)25-9-7-24(8-10-25)17-5-6-21-13-16(17)20/h2-6,11,13H,7-10,12H2,1H3,(H,23,27). The maximum Gasteiger partial charge on any atom is 0.317 e. The van der Waals surface area contributed by atoms with Crippen LogP contribution in [-0.2, 0) is 6.54 Å². The van der Waals surface area contributed by atoms with Gasteiger partial charge in [-0.1, -0.05) is 6.07 Å². The van der Waals surface area contributed by atoms with E-state index in [1.165, 1.54) is 6.20 Å². The minimum atomic E-state index is -0.334. The number of hydrogen-bond donors (Lipinski definition) is 1. The minimum absolute atomic E-state index is 0.111. The van der Waals surface area contributed by atoms with Crippen LogP contribution in [0.5, 0.6) is 0 Å². The lowest BCUT2D eigenvalue weighted by molar-refractivity contribution is 0.193. The number of piperazine rings is 1. The monoisotopic (exact) mass is 368 g/mol. The van der Waals surface area contributed by atoms with Crippen molar-refractivity contribution < 1.29 is 9.18 Å². The summed E-state index contributed by atoms with van der Waals surface area (Å²) in [5.74, 6) is -0.334. The topological polar surface area (TPSA) is 65.8 Å². The molecule has 1 aliphatic rings. The molecule has 3 aromatic heterocycles. The van der Waals surface area contributed by atoms with Crippen LogP contribution in [-0.4, -0.2) is 51.5 Å². The number of amides is 2. The molecule has 7 nitrogen and oxygen atoms in total. The first kappa shape index (κ1) is 17.3. The zero-order valence-corrected chi connectivity index (χ0v) is 15.1. The lowest BCUT2D eigenvalue weighted by Gasteiger charge is -2.36. The van der Waals surface area contributed by atoms with Gasteiger partial charge in [0.1, 0.15) is 5.65 Å². The summed E-state index contributed by atoms with van der Waals surface area (Å²) in [5.41, 5.74) is 3.41. The summed E-state index contributed by atoms with van der Waals surface area (Å²) in [7, 11) is 0. The Bertz CT molecular complexity index is 964. The molecule has 2 amide bonds. The van der Waals surface area contributed by atoms with Crippen molar-refractivity contribution in [1.82, 2.24) is 24.6 Å². The quantitative estimate of drug-likeness (QED) is 0.770. The number of fused-ring (bicyclic) bond motifs is 1. The number of nitrogens with zero attached hydrogens (tertiary/aromatic N) is 5. The molecule has 0 spiro atoms. The summed E-state index contributed by atoms with van der Waals surface area (Å²) < 4.78 is 15.9. The summed E-state index contributed by atoms with van der Waals surface area (Å²) in [5, 5.41) is 2.98. The van der Waals surface area contributed by atoms with Crippen LogP contribution < -0.4 is 10.2 Å². The van der Waals surface area contributed by atoms with Gasteiger partial charge in [-0.05, 0) is 25.1 Å². The predicted octanol–water partition coefficient (Wildman–Crippen LogP) is 2.21. The normalized spacial score (nSPS) is 14.6. The van der Waals surface area contributed by atoms with E-state index >= 15 is 0 Å². The Hall–Kier alpha value is -3.16. The van der Waals surface area contributed by atoms with Gasteiger partial charge in [0.2, 0.25) is 0 Å². The Labute approximate surface area is 156 Å². The molecule has 0 bridgehead atoms. The summed E-state index contributed by atoms with van der Waals surface area (Å²) in [6.45, 7) is 4.67. The van der Waals surface area contributed by atoms with Gasteiger partial charge in [-0.2, -0.15) is 0 Å². The van der Waals surface area contributed by atoms with Gasteiger partial charge in [-0.15, -0.1) is 0 Å². The largest absolute Gasteiger partial charge is 0.366 e. The van der Waals surface area contributed by atoms with E-state index in [1.54, 1.807) is 17.2 Å². The minimum Gasteiger partial charge on any atom is -0.366 e. The Morgan fingerprint density at radius 2 is 2.00 bits per heavy atom. The van der Waals surface area contributed by atoms with Crippen molar-refractivity contribution in [2.24, 2.45) is 0 Å². The number of aryl methyl sites for hydroxylation is 1. The first-order valence-electron chi connectivity index (χ1n) is 8.92. The molecular weight excluding hydrogens is 347 g/mol. The summed E-state index contributed by atoms with van der Waals surface area (Å²) in [4.78, 5) is 24.3. The van der Waals surface area contributed by atoms with Crippen LogP contribution >= 0.6 is 0 Å². The first-order chi connectivity index (χ1) is 13.1. The zero-order chi connectivity index (χ0) is 18.8. The Morgan fingerprint density at radius 3 is 2.78 bits per heavy atom. The average Bonchev–Trinajstić information content (AvgIpc) is 3.08. The van der Waals surface area contributed by atoms with Gasteiger partial charge in [-0.3, -0.25) is 9.38 Å². The van der Waals surface area contributed by atoms with E-state index in [2.05, 4.69) is 15.3 Å². The number of nitrogens with one attached hydrogen (secondary N) is 1. The fourth-order valence-corrected chi connectivity index (χ4v) is 3.46. The Kier molecular flexibility index (Phi) is 4.62. The molecule has 0 atom stereocenters. The third-order valence-corrected chi connectivity index (χ3v) is 4.87. The van der Waals surface area contributed by atoms with Gasteiger partial charge in [0, 0.05) is 50.0 Å². The van der Waals surface area contributed by atoms with Crippen LogP contribution in [0.25, 0.3) is 5.65 Å². The van der Waals surface area contributed by atoms with Crippen LogP contribution in [0.4, 0.5) is 14.9 Å². The molecule has 0 radical (unpaired) electrons. The molecule has 3 aromatic rings. The number of pyridine rings is 2. The highest BCUT2D eigenvalue weighted by molar-refractivity contribution is 5.74. The SMILES string of the molecule is Cc1cnc2cccc(CNC(=O)N3CCN(c4ccncc4F)CC3)n12. The van der Waals surface area contributed by atoms with E-state index in [1.807, 2.05) is 40.6 Å². The maximum absolute atomic E-state index is 13.9. The number of halogens is 1. The third kappa shape index (κ3) is 3.42. The number of hydrogen-bond acceptors (Lipinski definition) is 4. The molecule has 8 heteroatoms. The molecule has 27 heavy (non-hydrogen) atoms. The van der Waals surface area contributed by atoms with Crippen LogP contribution in [0.3, 0.4) is 0 Å². The molecule has 0 saturated carbocycles. The summed E-state index contributed by atoms with van der Waals surface area (Å²) in [6.07, 6.45) is 4.61. The van der Waals surface area contributed by atoms with Crippen LogP contribution in [0.2, 0.25) is 0 Å². The second kappa shape index (κ2) is 7.22. The van der Waals surface area contributed by atoms with Gasteiger partial charge >= 0.3 is 6.03 Å². The van der Waals surface area contributed by atoms with Gasteiger partial charge in [0.15, 0.2) is 5.82 Å². The van der Waals surface area contributed by atoms with Gasteiger partial charge in [0.25, 0.3) is 0 Å². The van der Waals surface area contributed by atoms with E-state index in [0.717, 1.165) is 17.0 Å². The molecule has 1 saturated heterocycles. The number of rotatable bonds is 3. The molecule has 0 unspecified atom stereocenters. The first-order valence-corrected chi connectivity index (χ1v) is 8.92. The molecule has 4 rings (SSSR count). The van der Waals surface area contributed by atoms with E-state index in [9.17, 15) is 9.18 Å². The molecule has 1 N–H and O–H groups in total. The highest BCUT2D eigenvalue weighted by atomic mass is 19.1. The maximum atomic E-state index is 13.9. The molecule has 1 aliphatic heterocycles. The van der Waals surface area contributed by atoms with Crippen molar-refractivity contribution in [2.75, 3.05) is 31.1 Å². The van der Waals surface area contributed by atoms with E-state index in [-0.39, 0.29) is 11.8 Å². The van der Waals surface area contributed by atoms with Gasteiger partial charge in [-0.25, -0.2) is 14.2 Å². The Morgan fingerprint density at radius 1 is 1.19 bits per heavy atom. The fraction of sp³-hybridized carbons (Fsp3) is 0.316. The van der Waals surface area contributed by atoms with Crippen LogP contribution in [0.1, 0.15) is 11.4 Å². The number of aromatic nitrogens is 3. The van der Waals surface area contributed by atoms with Gasteiger partial charge < -0.3 is 15.1 Å². The smallest absolute Gasteiger partial charge is 0.317 e. The summed E-state index contributed by atoms with van der Waals surface area (Å²) in [6, 6.07) is 7.41. The van der Waals surface area contributed by atoms with E-state index in [4.69, 9.17) is 0 Å². The number of urea groups is 1. The second-order valence-electron chi connectivity index (χ2n) is 6.57. The average molecular weight is 368 g/mol. The van der Waals surface area contributed by atoms with E-state index < -0.39 is 0 Å². The van der Waals surface area contributed by atoms with Crippen LogP contribution in [0, 0.1) is 12.7 Å². The van der Waals surface area contributed by atoms with Crippen molar-refractivity contribution >= 4 is 17.4 Å². The molecule has 0 aliphatic carbocycles. The van der Waals surface area contributed by atoms with Crippen molar-refractivity contribution in [3.63, 3.8) is 0 Å². The molecule has 4 heterocycles. The van der Waals surface area contributed by atoms with Crippen LogP contribution in [0.15, 0.2) is 42.9 Å². The number of imidazole rings is 1. The molecular formula is C19H21FN6O. The molecule has 0 aromatic carbocycles. The number of carbonyl (C=O) groups is 1. The third-order valence-electron chi connectivity index (χ3n) is 4.87. The molecule has 140 valence electrons. The highest BCUT2D eigenvalue weighted by Crippen LogP contribution is 2.19. The lowest BCUT2D eigenvalue weighted by Crippen LogP contribution is -2.52.